The van der Waals surface area contributed by atoms with Gasteiger partial charge in [-0.15, -0.1) is 10.2 Å². The Morgan fingerprint density at radius 1 is 1.19 bits per heavy atom. The van der Waals surface area contributed by atoms with Gasteiger partial charge in [0.25, 0.3) is 0 Å². The SMILES string of the molecule is CC(C)Cn1c(SCC(=O)NCc2ccco2)nnc1-c1ccccc1. The minimum Gasteiger partial charge on any atom is -0.467 e. The van der Waals surface area contributed by atoms with E-state index in [2.05, 4.69) is 33.9 Å². The van der Waals surface area contributed by atoms with Gasteiger partial charge in [-0.25, -0.2) is 0 Å². The first-order valence-corrected chi connectivity index (χ1v) is 9.52. The van der Waals surface area contributed by atoms with Crippen molar-refractivity contribution >= 4 is 17.7 Å². The van der Waals surface area contributed by atoms with Crippen LogP contribution in [0.5, 0.6) is 0 Å². The quantitative estimate of drug-likeness (QED) is 0.613. The molecule has 0 unspecified atom stereocenters. The van der Waals surface area contributed by atoms with Gasteiger partial charge in [-0.2, -0.15) is 0 Å². The maximum Gasteiger partial charge on any atom is 0.230 e. The number of hydrogen-bond acceptors (Lipinski definition) is 5. The summed E-state index contributed by atoms with van der Waals surface area (Å²) in [4.78, 5) is 12.1. The Hall–Kier alpha value is -2.54. The summed E-state index contributed by atoms with van der Waals surface area (Å²) < 4.78 is 7.30. The van der Waals surface area contributed by atoms with E-state index in [4.69, 9.17) is 4.42 Å². The van der Waals surface area contributed by atoms with Crippen LogP contribution in [0.25, 0.3) is 11.4 Å². The van der Waals surface area contributed by atoms with E-state index in [1.807, 2.05) is 36.4 Å². The van der Waals surface area contributed by atoms with Crippen molar-refractivity contribution in [2.45, 2.75) is 32.1 Å². The summed E-state index contributed by atoms with van der Waals surface area (Å²) in [6, 6.07) is 13.6. The zero-order valence-electron chi connectivity index (χ0n) is 14.9. The molecule has 3 rings (SSSR count). The van der Waals surface area contributed by atoms with Gasteiger partial charge in [-0.3, -0.25) is 4.79 Å². The lowest BCUT2D eigenvalue weighted by molar-refractivity contribution is -0.118. The summed E-state index contributed by atoms with van der Waals surface area (Å²) in [5.74, 6) is 2.23. The zero-order valence-corrected chi connectivity index (χ0v) is 15.7. The molecule has 26 heavy (non-hydrogen) atoms. The number of rotatable bonds is 8. The predicted molar refractivity (Wildman–Crippen MR) is 102 cm³/mol. The molecule has 0 atom stereocenters. The van der Waals surface area contributed by atoms with Crippen molar-refractivity contribution in [3.05, 3.63) is 54.5 Å². The van der Waals surface area contributed by atoms with Crippen molar-refractivity contribution in [3.8, 4) is 11.4 Å². The lowest BCUT2D eigenvalue weighted by Gasteiger charge is -2.12. The molecule has 0 spiro atoms. The van der Waals surface area contributed by atoms with Gasteiger partial charge in [0.1, 0.15) is 5.76 Å². The van der Waals surface area contributed by atoms with Gasteiger partial charge in [0.05, 0.1) is 18.6 Å². The largest absolute Gasteiger partial charge is 0.467 e. The number of nitrogens with one attached hydrogen (secondary N) is 1. The highest BCUT2D eigenvalue weighted by molar-refractivity contribution is 7.99. The van der Waals surface area contributed by atoms with Crippen LogP contribution in [0, 0.1) is 5.92 Å². The maximum atomic E-state index is 12.1. The fraction of sp³-hybridized carbons (Fsp3) is 0.316. The van der Waals surface area contributed by atoms with E-state index in [0.29, 0.717) is 12.5 Å². The van der Waals surface area contributed by atoms with Crippen LogP contribution in [-0.2, 0) is 17.9 Å². The minimum atomic E-state index is -0.0632. The standard InChI is InChI=1S/C19H22N4O2S/c1-14(2)12-23-18(15-7-4-3-5-8-15)21-22-19(23)26-13-17(24)20-11-16-9-6-10-25-16/h3-10,14H,11-13H2,1-2H3,(H,20,24). The van der Waals surface area contributed by atoms with Crippen molar-refractivity contribution < 1.29 is 9.21 Å². The predicted octanol–water partition coefficient (Wildman–Crippen LogP) is 3.60. The van der Waals surface area contributed by atoms with Crippen LogP contribution in [0.1, 0.15) is 19.6 Å². The number of amides is 1. The molecule has 0 bridgehead atoms. The van der Waals surface area contributed by atoms with Gasteiger partial charge >= 0.3 is 0 Å². The highest BCUT2D eigenvalue weighted by atomic mass is 32.2. The molecule has 6 nitrogen and oxygen atoms in total. The molecule has 2 heterocycles. The van der Waals surface area contributed by atoms with Gasteiger partial charge in [0.15, 0.2) is 11.0 Å². The fourth-order valence-corrected chi connectivity index (χ4v) is 3.28. The van der Waals surface area contributed by atoms with Crippen molar-refractivity contribution in [2.24, 2.45) is 5.92 Å². The highest BCUT2D eigenvalue weighted by Gasteiger charge is 2.16. The van der Waals surface area contributed by atoms with Crippen molar-refractivity contribution in [3.63, 3.8) is 0 Å². The summed E-state index contributed by atoms with van der Waals surface area (Å²) in [6.45, 7) is 5.49. The first-order chi connectivity index (χ1) is 12.6. The van der Waals surface area contributed by atoms with Crippen LogP contribution >= 0.6 is 11.8 Å². The molecule has 1 amide bonds. The maximum absolute atomic E-state index is 12.1. The zero-order chi connectivity index (χ0) is 18.4. The third-order valence-corrected chi connectivity index (χ3v) is 4.64. The first-order valence-electron chi connectivity index (χ1n) is 8.54. The van der Waals surface area contributed by atoms with Crippen LogP contribution < -0.4 is 5.32 Å². The molecular weight excluding hydrogens is 348 g/mol. The Balaban J connectivity index is 1.67. The monoisotopic (exact) mass is 370 g/mol. The lowest BCUT2D eigenvalue weighted by Crippen LogP contribution is -2.24. The molecule has 0 aliphatic carbocycles. The second kappa shape index (κ2) is 8.71. The van der Waals surface area contributed by atoms with Gasteiger partial charge < -0.3 is 14.3 Å². The van der Waals surface area contributed by atoms with Crippen LogP contribution in [-0.4, -0.2) is 26.4 Å². The number of carbonyl (C=O) groups excluding carboxylic acids is 1. The Bertz CT molecular complexity index is 829. The van der Waals surface area contributed by atoms with E-state index in [-0.39, 0.29) is 11.7 Å². The highest BCUT2D eigenvalue weighted by Crippen LogP contribution is 2.25. The molecule has 0 aliphatic heterocycles. The molecule has 3 aromatic rings. The van der Waals surface area contributed by atoms with Crippen molar-refractivity contribution in [1.82, 2.24) is 20.1 Å². The number of thioether (sulfide) groups is 1. The number of benzene rings is 1. The fourth-order valence-electron chi connectivity index (χ4n) is 2.51. The van der Waals surface area contributed by atoms with E-state index in [1.165, 1.54) is 11.8 Å². The van der Waals surface area contributed by atoms with E-state index < -0.39 is 0 Å². The van der Waals surface area contributed by atoms with E-state index in [0.717, 1.165) is 28.8 Å². The van der Waals surface area contributed by atoms with Crippen LogP contribution in [0.15, 0.2) is 58.3 Å². The van der Waals surface area contributed by atoms with Gasteiger partial charge in [-0.05, 0) is 18.1 Å². The molecule has 1 aromatic carbocycles. The topological polar surface area (TPSA) is 73.0 Å². The Kier molecular flexibility index (Phi) is 6.12. The smallest absolute Gasteiger partial charge is 0.230 e. The molecule has 2 aromatic heterocycles. The molecule has 0 saturated carbocycles. The summed E-state index contributed by atoms with van der Waals surface area (Å²) in [7, 11) is 0. The molecule has 0 fully saturated rings. The summed E-state index contributed by atoms with van der Waals surface area (Å²) in [5, 5.41) is 12.3. The Labute approximate surface area is 157 Å². The normalized spacial score (nSPS) is 11.0. The van der Waals surface area contributed by atoms with Crippen LogP contribution in [0.3, 0.4) is 0 Å². The average Bonchev–Trinajstić information content (AvgIpc) is 3.28. The van der Waals surface area contributed by atoms with Crippen LogP contribution in [0.4, 0.5) is 0 Å². The van der Waals surface area contributed by atoms with E-state index >= 15 is 0 Å². The Morgan fingerprint density at radius 3 is 2.69 bits per heavy atom. The number of aromatic nitrogens is 3. The second-order valence-electron chi connectivity index (χ2n) is 6.32. The molecular formula is C19H22N4O2S. The molecule has 0 aliphatic rings. The van der Waals surface area contributed by atoms with Crippen molar-refractivity contribution in [2.75, 3.05) is 5.75 Å². The average molecular weight is 370 g/mol. The number of carbonyl (C=O) groups is 1. The molecule has 136 valence electrons. The molecule has 0 radical (unpaired) electrons. The van der Waals surface area contributed by atoms with Gasteiger partial charge in [0, 0.05) is 12.1 Å². The molecule has 0 saturated heterocycles. The lowest BCUT2D eigenvalue weighted by atomic mass is 10.2. The third kappa shape index (κ3) is 4.76. The van der Waals surface area contributed by atoms with Gasteiger partial charge in [0.2, 0.25) is 5.91 Å². The first kappa shape index (κ1) is 18.3. The van der Waals surface area contributed by atoms with Crippen molar-refractivity contribution in [1.29, 1.82) is 0 Å². The molecule has 7 heteroatoms. The summed E-state index contributed by atoms with van der Waals surface area (Å²) in [5.41, 5.74) is 1.02. The number of nitrogens with zero attached hydrogens (tertiary/aromatic N) is 3. The van der Waals surface area contributed by atoms with Gasteiger partial charge in [-0.1, -0.05) is 55.9 Å². The van der Waals surface area contributed by atoms with E-state index in [1.54, 1.807) is 12.3 Å². The minimum absolute atomic E-state index is 0.0632. The number of hydrogen-bond donors (Lipinski definition) is 1. The second-order valence-corrected chi connectivity index (χ2v) is 7.26. The molecule has 1 N–H and O–H groups in total. The number of furan rings is 1. The van der Waals surface area contributed by atoms with Crippen LogP contribution in [0.2, 0.25) is 0 Å². The Morgan fingerprint density at radius 2 is 2.00 bits per heavy atom. The van der Waals surface area contributed by atoms with E-state index in [9.17, 15) is 4.79 Å². The third-order valence-electron chi connectivity index (χ3n) is 3.67. The summed E-state index contributed by atoms with van der Waals surface area (Å²) >= 11 is 1.40. The summed E-state index contributed by atoms with van der Waals surface area (Å²) in [6.07, 6.45) is 1.59.